The number of carbonyl (C=O) groups is 1. The van der Waals surface area contributed by atoms with E-state index in [1.54, 1.807) is 23.1 Å². The molecule has 1 N–H and O–H groups in total. The number of hydrogen-bond acceptors (Lipinski definition) is 4. The van der Waals surface area contributed by atoms with E-state index in [0.717, 1.165) is 22.6 Å². The van der Waals surface area contributed by atoms with Gasteiger partial charge < -0.3 is 10.2 Å². The van der Waals surface area contributed by atoms with Gasteiger partial charge in [0.1, 0.15) is 0 Å². The fourth-order valence-electron chi connectivity index (χ4n) is 4.47. The summed E-state index contributed by atoms with van der Waals surface area (Å²) in [5, 5.41) is 3.55. The molecule has 0 unspecified atom stereocenters. The van der Waals surface area contributed by atoms with Crippen LogP contribution in [0.25, 0.3) is 0 Å². The molecule has 0 saturated carbocycles. The van der Waals surface area contributed by atoms with Gasteiger partial charge in [0.2, 0.25) is 10.0 Å². The number of piperazine rings is 1. The molecule has 5 rings (SSSR count). The molecule has 0 radical (unpaired) electrons. The average Bonchev–Trinajstić information content (AvgIpc) is 3.28. The van der Waals surface area contributed by atoms with Crippen LogP contribution in [-0.2, 0) is 16.4 Å². The van der Waals surface area contributed by atoms with Crippen molar-refractivity contribution in [3.63, 3.8) is 0 Å². The van der Waals surface area contributed by atoms with Crippen molar-refractivity contribution in [1.82, 2.24) is 4.31 Å². The maximum absolute atomic E-state index is 13.3. The lowest BCUT2D eigenvalue weighted by Crippen LogP contribution is -2.48. The van der Waals surface area contributed by atoms with Gasteiger partial charge in [-0.2, -0.15) is 4.31 Å². The Balaban J connectivity index is 1.28. The lowest BCUT2D eigenvalue weighted by atomic mass is 10.2. The van der Waals surface area contributed by atoms with E-state index in [-0.39, 0.29) is 10.9 Å². The third-order valence-corrected chi connectivity index (χ3v) is 8.40. The topological polar surface area (TPSA) is 73.0 Å². The highest BCUT2D eigenvalue weighted by molar-refractivity contribution is 7.89. The fourth-order valence-corrected chi connectivity index (χ4v) is 6.13. The van der Waals surface area contributed by atoms with Gasteiger partial charge in [-0.15, -0.1) is 0 Å². The highest BCUT2D eigenvalue weighted by atomic mass is 35.5. The summed E-state index contributed by atoms with van der Waals surface area (Å²) in [6.07, 6.45) is 0.615. The number of halogens is 1. The number of benzene rings is 3. The first-order valence-electron chi connectivity index (χ1n) is 11.2. The maximum atomic E-state index is 13.3. The van der Waals surface area contributed by atoms with Crippen LogP contribution in [0.2, 0.25) is 5.02 Å². The van der Waals surface area contributed by atoms with Gasteiger partial charge >= 0.3 is 6.03 Å². The van der Waals surface area contributed by atoms with E-state index < -0.39 is 10.0 Å². The first-order valence-corrected chi connectivity index (χ1v) is 13.0. The molecule has 9 heteroatoms. The molecule has 0 spiro atoms. The minimum atomic E-state index is -3.62. The van der Waals surface area contributed by atoms with Crippen LogP contribution in [0.15, 0.2) is 77.7 Å². The maximum Gasteiger partial charge on any atom is 0.326 e. The van der Waals surface area contributed by atoms with Gasteiger partial charge in [0.15, 0.2) is 0 Å². The Morgan fingerprint density at radius 2 is 1.62 bits per heavy atom. The summed E-state index contributed by atoms with van der Waals surface area (Å²) >= 11 is 6.10. The number of anilines is 3. The number of para-hydroxylation sites is 1. The molecule has 2 aliphatic heterocycles. The van der Waals surface area contributed by atoms with Crippen molar-refractivity contribution in [2.45, 2.75) is 11.3 Å². The monoisotopic (exact) mass is 496 g/mol. The van der Waals surface area contributed by atoms with Crippen molar-refractivity contribution >= 4 is 44.7 Å². The van der Waals surface area contributed by atoms with Crippen LogP contribution in [0.1, 0.15) is 5.56 Å². The molecule has 2 aliphatic rings. The van der Waals surface area contributed by atoms with E-state index in [1.807, 2.05) is 54.6 Å². The predicted octanol–water partition coefficient (Wildman–Crippen LogP) is 4.45. The van der Waals surface area contributed by atoms with Crippen molar-refractivity contribution in [3.05, 3.63) is 83.4 Å². The molecule has 3 aromatic rings. The van der Waals surface area contributed by atoms with E-state index in [0.29, 0.717) is 44.2 Å². The highest BCUT2D eigenvalue weighted by Crippen LogP contribution is 2.32. The van der Waals surface area contributed by atoms with Crippen molar-refractivity contribution in [3.8, 4) is 0 Å². The Morgan fingerprint density at radius 3 is 2.35 bits per heavy atom. The third-order valence-electron chi connectivity index (χ3n) is 6.27. The molecule has 1 fully saturated rings. The summed E-state index contributed by atoms with van der Waals surface area (Å²) in [5.41, 5.74) is 3.33. The SMILES string of the molecule is O=C(Nc1ccccc1)N1CCc2cc(S(=O)(=O)N3CCN(c4cccc(Cl)c4)CC3)ccc21. The molecule has 2 heterocycles. The standard InChI is InChI=1S/C25H25ClN4O3S/c26-20-5-4-8-22(18-20)28-13-15-29(16-14-28)34(32,33)23-9-10-24-19(17-23)11-12-30(24)25(31)27-21-6-2-1-3-7-21/h1-10,17-18H,11-16H2,(H,27,31). The normalized spacial score (nSPS) is 16.4. The first-order chi connectivity index (χ1) is 16.4. The molecule has 7 nitrogen and oxygen atoms in total. The van der Waals surface area contributed by atoms with Crippen molar-refractivity contribution in [2.75, 3.05) is 47.8 Å². The number of carbonyl (C=O) groups excluding carboxylic acids is 1. The van der Waals surface area contributed by atoms with Crippen molar-refractivity contribution < 1.29 is 13.2 Å². The molecule has 1 saturated heterocycles. The lowest BCUT2D eigenvalue weighted by molar-refractivity contribution is 0.257. The van der Waals surface area contributed by atoms with Gasteiger partial charge in [-0.05, 0) is 60.5 Å². The second-order valence-corrected chi connectivity index (χ2v) is 10.7. The smallest absolute Gasteiger partial charge is 0.326 e. The Hall–Kier alpha value is -3.07. The Morgan fingerprint density at radius 1 is 0.853 bits per heavy atom. The van der Waals surface area contributed by atoms with Crippen LogP contribution in [0, 0.1) is 0 Å². The zero-order valence-electron chi connectivity index (χ0n) is 18.5. The van der Waals surface area contributed by atoms with Crippen LogP contribution >= 0.6 is 11.6 Å². The second kappa shape index (κ2) is 9.29. The van der Waals surface area contributed by atoms with Crippen molar-refractivity contribution in [1.29, 1.82) is 0 Å². The zero-order valence-corrected chi connectivity index (χ0v) is 20.1. The summed E-state index contributed by atoms with van der Waals surface area (Å²) in [6, 6.07) is 21.7. The molecule has 176 valence electrons. The minimum absolute atomic E-state index is 0.224. The van der Waals surface area contributed by atoms with Crippen LogP contribution in [-0.4, -0.2) is 51.5 Å². The Labute approximate surface area is 204 Å². The van der Waals surface area contributed by atoms with Crippen LogP contribution in [0.4, 0.5) is 21.9 Å². The summed E-state index contributed by atoms with van der Waals surface area (Å²) in [6.45, 7) is 2.50. The number of sulfonamides is 1. The average molecular weight is 497 g/mol. The number of rotatable bonds is 4. The molecule has 0 bridgehead atoms. The molecule has 0 aromatic heterocycles. The van der Waals surface area contributed by atoms with Gasteiger partial charge in [0.25, 0.3) is 0 Å². The summed E-state index contributed by atoms with van der Waals surface area (Å²) in [7, 11) is -3.62. The van der Waals surface area contributed by atoms with Gasteiger partial charge in [0, 0.05) is 54.8 Å². The predicted molar refractivity (Wildman–Crippen MR) is 135 cm³/mol. The van der Waals surface area contributed by atoms with Gasteiger partial charge in [0.05, 0.1) is 4.90 Å². The van der Waals surface area contributed by atoms with E-state index in [9.17, 15) is 13.2 Å². The number of nitrogens with one attached hydrogen (secondary N) is 1. The zero-order chi connectivity index (χ0) is 23.7. The Kier molecular flexibility index (Phi) is 6.20. The number of urea groups is 1. The lowest BCUT2D eigenvalue weighted by Gasteiger charge is -2.35. The van der Waals surface area contributed by atoms with E-state index >= 15 is 0 Å². The largest absolute Gasteiger partial charge is 0.369 e. The molecular weight excluding hydrogens is 472 g/mol. The van der Waals surface area contributed by atoms with Gasteiger partial charge in [-0.25, -0.2) is 13.2 Å². The molecule has 2 amide bonds. The van der Waals surface area contributed by atoms with E-state index in [4.69, 9.17) is 11.6 Å². The third kappa shape index (κ3) is 4.49. The molecule has 34 heavy (non-hydrogen) atoms. The fraction of sp³-hybridized carbons (Fsp3) is 0.240. The molecular formula is C25H25ClN4O3S. The number of fused-ring (bicyclic) bond motifs is 1. The molecule has 3 aromatic carbocycles. The summed E-state index contributed by atoms with van der Waals surface area (Å²) in [4.78, 5) is 16.8. The number of hydrogen-bond donors (Lipinski definition) is 1. The van der Waals surface area contributed by atoms with Gasteiger partial charge in [-0.1, -0.05) is 35.9 Å². The quantitative estimate of drug-likeness (QED) is 0.579. The van der Waals surface area contributed by atoms with Crippen LogP contribution < -0.4 is 15.1 Å². The Bertz CT molecular complexity index is 1310. The molecule has 0 aliphatic carbocycles. The van der Waals surface area contributed by atoms with E-state index in [1.165, 1.54) is 4.31 Å². The minimum Gasteiger partial charge on any atom is -0.369 e. The number of amides is 2. The summed E-state index contributed by atoms with van der Waals surface area (Å²) in [5.74, 6) is 0. The van der Waals surface area contributed by atoms with Crippen molar-refractivity contribution in [2.24, 2.45) is 0 Å². The van der Waals surface area contributed by atoms with E-state index in [2.05, 4.69) is 10.2 Å². The van der Waals surface area contributed by atoms with Crippen LogP contribution in [0.3, 0.4) is 0 Å². The first kappa shape index (κ1) is 22.7. The summed E-state index contributed by atoms with van der Waals surface area (Å²) < 4.78 is 28.2. The molecule has 0 atom stereocenters. The number of nitrogens with zero attached hydrogens (tertiary/aromatic N) is 3. The highest BCUT2D eigenvalue weighted by Gasteiger charge is 2.31. The second-order valence-electron chi connectivity index (χ2n) is 8.36. The van der Waals surface area contributed by atoms with Gasteiger partial charge in [-0.3, -0.25) is 4.90 Å². The van der Waals surface area contributed by atoms with Crippen LogP contribution in [0.5, 0.6) is 0 Å².